The number of rotatable bonds is 5. The van der Waals surface area contributed by atoms with E-state index in [-0.39, 0.29) is 37.6 Å². The van der Waals surface area contributed by atoms with Crippen LogP contribution in [0, 0.1) is 15.9 Å². The van der Waals surface area contributed by atoms with Gasteiger partial charge in [-0.1, -0.05) is 12.1 Å². The van der Waals surface area contributed by atoms with Crippen LogP contribution >= 0.6 is 0 Å². The van der Waals surface area contributed by atoms with Gasteiger partial charge in [-0.25, -0.2) is 12.8 Å². The summed E-state index contributed by atoms with van der Waals surface area (Å²) in [6.07, 6.45) is 0. The van der Waals surface area contributed by atoms with Crippen LogP contribution in [0.15, 0.2) is 70.4 Å². The van der Waals surface area contributed by atoms with Gasteiger partial charge in [-0.15, -0.1) is 0 Å². The minimum Gasteiger partial charge on any atom is -0.335 e. The maximum Gasteiger partial charge on any atom is 0.289 e. The summed E-state index contributed by atoms with van der Waals surface area (Å²) >= 11 is 0. The highest BCUT2D eigenvalue weighted by atomic mass is 32.2. The Labute approximate surface area is 192 Å². The molecule has 13 heteroatoms. The number of nitrogens with zero attached hydrogens (tertiary/aromatic N) is 5. The second-order valence-corrected chi connectivity index (χ2v) is 9.27. The van der Waals surface area contributed by atoms with Gasteiger partial charge in [0.25, 0.3) is 17.2 Å². The maximum absolute atomic E-state index is 13.2. The lowest BCUT2D eigenvalue weighted by atomic mass is 10.3. The van der Waals surface area contributed by atoms with E-state index < -0.39 is 42.8 Å². The molecule has 3 aromatic rings. The Hall–Kier alpha value is -3.97. The number of benzene rings is 2. The summed E-state index contributed by atoms with van der Waals surface area (Å²) < 4.78 is 41.2. The Morgan fingerprint density at radius 3 is 2.26 bits per heavy atom. The molecular weight excluding hydrogens is 469 g/mol. The van der Waals surface area contributed by atoms with Crippen LogP contribution < -0.4 is 5.56 Å². The van der Waals surface area contributed by atoms with Crippen molar-refractivity contribution in [3.63, 3.8) is 0 Å². The number of hydrogen-bond acceptors (Lipinski definition) is 7. The second-order valence-electron chi connectivity index (χ2n) is 7.37. The molecule has 0 aliphatic carbocycles. The first-order valence-electron chi connectivity index (χ1n) is 10.1. The molecule has 2 heterocycles. The minimum absolute atomic E-state index is 0.0239. The van der Waals surface area contributed by atoms with Crippen LogP contribution in [-0.2, 0) is 10.0 Å². The normalized spacial score (nSPS) is 14.7. The molecule has 0 saturated carbocycles. The third kappa shape index (κ3) is 4.43. The highest BCUT2D eigenvalue weighted by molar-refractivity contribution is 7.89. The van der Waals surface area contributed by atoms with Gasteiger partial charge in [-0.2, -0.15) is 14.1 Å². The van der Waals surface area contributed by atoms with Crippen LogP contribution in [0.2, 0.25) is 0 Å². The molecule has 4 rings (SSSR count). The van der Waals surface area contributed by atoms with E-state index in [9.17, 15) is 32.5 Å². The van der Waals surface area contributed by atoms with E-state index in [0.717, 1.165) is 27.2 Å². The molecule has 1 fully saturated rings. The molecule has 1 amide bonds. The third-order valence-electron chi connectivity index (χ3n) is 5.30. The molecule has 176 valence electrons. The van der Waals surface area contributed by atoms with Gasteiger partial charge in [-0.3, -0.25) is 19.7 Å². The maximum atomic E-state index is 13.2. The lowest BCUT2D eigenvalue weighted by Crippen LogP contribution is -2.50. The molecule has 34 heavy (non-hydrogen) atoms. The quantitative estimate of drug-likeness (QED) is 0.392. The van der Waals surface area contributed by atoms with Gasteiger partial charge in [0.2, 0.25) is 10.0 Å². The summed E-state index contributed by atoms with van der Waals surface area (Å²) in [5, 5.41) is 15.3. The predicted molar refractivity (Wildman–Crippen MR) is 118 cm³/mol. The van der Waals surface area contributed by atoms with Crippen molar-refractivity contribution >= 4 is 21.6 Å². The second kappa shape index (κ2) is 9.11. The van der Waals surface area contributed by atoms with E-state index in [1.54, 1.807) is 0 Å². The molecule has 1 aliphatic rings. The molecule has 2 aromatic carbocycles. The zero-order valence-electron chi connectivity index (χ0n) is 17.6. The number of halogens is 1. The number of amides is 1. The standard InChI is InChI=1S/C21H18FN5O6S/c22-15-5-7-16(8-6-15)26-20(28)10-9-17(23-26)21(29)24-11-13-25(14-12-24)34(32,33)19-4-2-1-3-18(19)27(30)31/h1-10H,11-14H2. The van der Waals surface area contributed by atoms with Crippen molar-refractivity contribution in [1.29, 1.82) is 0 Å². The van der Waals surface area contributed by atoms with E-state index in [4.69, 9.17) is 0 Å². The number of aromatic nitrogens is 2. The predicted octanol–water partition coefficient (Wildman–Crippen LogP) is 1.43. The van der Waals surface area contributed by atoms with Crippen molar-refractivity contribution in [2.24, 2.45) is 0 Å². The van der Waals surface area contributed by atoms with Crippen molar-refractivity contribution in [3.05, 3.63) is 92.6 Å². The summed E-state index contributed by atoms with van der Waals surface area (Å²) in [4.78, 5) is 36.6. The molecular formula is C21H18FN5O6S. The Morgan fingerprint density at radius 2 is 1.62 bits per heavy atom. The number of carbonyl (C=O) groups is 1. The molecule has 0 unspecified atom stereocenters. The number of nitro benzene ring substituents is 1. The number of nitro groups is 1. The molecule has 0 N–H and O–H groups in total. The van der Waals surface area contributed by atoms with Crippen LogP contribution in [0.5, 0.6) is 0 Å². The lowest BCUT2D eigenvalue weighted by molar-refractivity contribution is -0.387. The molecule has 0 radical (unpaired) electrons. The fourth-order valence-electron chi connectivity index (χ4n) is 3.55. The summed E-state index contributed by atoms with van der Waals surface area (Å²) in [7, 11) is -4.14. The highest BCUT2D eigenvalue weighted by Crippen LogP contribution is 2.27. The Balaban J connectivity index is 1.51. The van der Waals surface area contributed by atoms with Gasteiger partial charge < -0.3 is 4.90 Å². The topological polar surface area (TPSA) is 136 Å². The van der Waals surface area contributed by atoms with E-state index >= 15 is 0 Å². The van der Waals surface area contributed by atoms with Crippen LogP contribution in [-0.4, -0.2) is 64.4 Å². The smallest absolute Gasteiger partial charge is 0.289 e. The summed E-state index contributed by atoms with van der Waals surface area (Å²) in [5.74, 6) is -1.00. The van der Waals surface area contributed by atoms with Crippen molar-refractivity contribution < 1.29 is 22.5 Å². The van der Waals surface area contributed by atoms with Gasteiger partial charge >= 0.3 is 0 Å². The Morgan fingerprint density at radius 1 is 0.971 bits per heavy atom. The van der Waals surface area contributed by atoms with Crippen molar-refractivity contribution in [2.75, 3.05) is 26.2 Å². The summed E-state index contributed by atoms with van der Waals surface area (Å²) in [6, 6.07) is 12.5. The first kappa shape index (κ1) is 23.2. The number of carbonyl (C=O) groups excluding carboxylic acids is 1. The highest BCUT2D eigenvalue weighted by Gasteiger charge is 2.34. The first-order valence-corrected chi connectivity index (χ1v) is 11.5. The first-order chi connectivity index (χ1) is 16.2. The van der Waals surface area contributed by atoms with Gasteiger partial charge in [0.05, 0.1) is 10.6 Å². The van der Waals surface area contributed by atoms with E-state index in [1.165, 1.54) is 47.4 Å². The molecule has 1 aromatic heterocycles. The number of para-hydroxylation sites is 1. The fraction of sp³-hybridized carbons (Fsp3) is 0.190. The van der Waals surface area contributed by atoms with E-state index in [0.29, 0.717) is 0 Å². The Bertz CT molecular complexity index is 1420. The molecule has 0 atom stereocenters. The largest absolute Gasteiger partial charge is 0.335 e. The SMILES string of the molecule is O=C(c1ccc(=O)n(-c2ccc(F)cc2)n1)N1CCN(S(=O)(=O)c2ccccc2[N+](=O)[O-])CC1. The van der Waals surface area contributed by atoms with Crippen molar-refractivity contribution in [1.82, 2.24) is 19.0 Å². The zero-order valence-corrected chi connectivity index (χ0v) is 18.4. The summed E-state index contributed by atoms with van der Waals surface area (Å²) in [5.41, 5.74) is -0.794. The van der Waals surface area contributed by atoms with Crippen molar-refractivity contribution in [2.45, 2.75) is 4.90 Å². The van der Waals surface area contributed by atoms with E-state index in [1.807, 2.05) is 0 Å². The molecule has 1 aliphatic heterocycles. The average Bonchev–Trinajstić information content (AvgIpc) is 2.84. The third-order valence-corrected chi connectivity index (χ3v) is 7.24. The molecule has 1 saturated heterocycles. The molecule has 0 spiro atoms. The van der Waals surface area contributed by atoms with Gasteiger partial charge in [0.1, 0.15) is 11.5 Å². The van der Waals surface area contributed by atoms with Gasteiger partial charge in [0.15, 0.2) is 4.90 Å². The number of hydrogen-bond donors (Lipinski definition) is 0. The van der Waals surface area contributed by atoms with Crippen LogP contribution in [0.3, 0.4) is 0 Å². The summed E-state index contributed by atoms with van der Waals surface area (Å²) in [6.45, 7) is -0.0957. The monoisotopic (exact) mass is 487 g/mol. The Kier molecular flexibility index (Phi) is 6.22. The number of sulfonamides is 1. The van der Waals surface area contributed by atoms with Crippen LogP contribution in [0.4, 0.5) is 10.1 Å². The van der Waals surface area contributed by atoms with Crippen LogP contribution in [0.1, 0.15) is 10.5 Å². The number of piperazine rings is 1. The molecule has 0 bridgehead atoms. The fourth-order valence-corrected chi connectivity index (χ4v) is 5.13. The average molecular weight is 487 g/mol. The van der Waals surface area contributed by atoms with Crippen LogP contribution in [0.25, 0.3) is 5.69 Å². The van der Waals surface area contributed by atoms with Gasteiger partial charge in [-0.05, 0) is 36.4 Å². The van der Waals surface area contributed by atoms with Crippen molar-refractivity contribution in [3.8, 4) is 5.69 Å². The van der Waals surface area contributed by atoms with E-state index in [2.05, 4.69) is 5.10 Å². The van der Waals surface area contributed by atoms with Gasteiger partial charge in [0, 0.05) is 38.3 Å². The zero-order chi connectivity index (χ0) is 24.5. The minimum atomic E-state index is -4.14. The molecule has 11 nitrogen and oxygen atoms in total. The lowest BCUT2D eigenvalue weighted by Gasteiger charge is -2.33.